The molecule has 0 saturated heterocycles. The molecule has 1 fully saturated rings. The molecular formula is C16H19BrO4. The van der Waals surface area contributed by atoms with Crippen LogP contribution in [0.1, 0.15) is 43.7 Å². The van der Waals surface area contributed by atoms with Gasteiger partial charge in [-0.15, -0.1) is 0 Å². The Morgan fingerprint density at radius 1 is 1.29 bits per heavy atom. The first kappa shape index (κ1) is 14.7. The van der Waals surface area contributed by atoms with E-state index in [1.807, 2.05) is 13.0 Å². The van der Waals surface area contributed by atoms with Gasteiger partial charge in [-0.2, -0.15) is 0 Å². The van der Waals surface area contributed by atoms with Crippen LogP contribution in [0.2, 0.25) is 0 Å². The van der Waals surface area contributed by atoms with Crippen molar-refractivity contribution in [3.63, 3.8) is 0 Å². The Kier molecular flexibility index (Phi) is 3.86. The predicted octanol–water partition coefficient (Wildman–Crippen LogP) is 3.68. The van der Waals surface area contributed by atoms with E-state index < -0.39 is 11.4 Å². The van der Waals surface area contributed by atoms with Crippen LogP contribution in [-0.2, 0) is 16.6 Å². The minimum Gasteiger partial charge on any atom is -0.486 e. The summed E-state index contributed by atoms with van der Waals surface area (Å²) in [5.74, 6) is 0.708. The molecule has 0 atom stereocenters. The summed E-state index contributed by atoms with van der Waals surface area (Å²) in [4.78, 5) is 12.0. The van der Waals surface area contributed by atoms with Gasteiger partial charge in [0.25, 0.3) is 0 Å². The van der Waals surface area contributed by atoms with Crippen molar-refractivity contribution in [3.05, 3.63) is 21.7 Å². The maximum absolute atomic E-state index is 12.0. The molecule has 1 aliphatic heterocycles. The summed E-state index contributed by atoms with van der Waals surface area (Å²) in [7, 11) is 0. The average Bonchev–Trinajstić information content (AvgIpc) is 2.98. The topological polar surface area (TPSA) is 55.8 Å². The number of aliphatic carboxylic acids is 1. The molecule has 0 radical (unpaired) electrons. The lowest BCUT2D eigenvalue weighted by atomic mass is 9.76. The number of halogens is 1. The Morgan fingerprint density at radius 2 is 1.90 bits per heavy atom. The van der Waals surface area contributed by atoms with Gasteiger partial charge >= 0.3 is 5.97 Å². The Morgan fingerprint density at radius 3 is 2.48 bits per heavy atom. The zero-order valence-electron chi connectivity index (χ0n) is 12.1. The molecule has 1 saturated carbocycles. The molecule has 0 amide bonds. The quantitative estimate of drug-likeness (QED) is 0.899. The molecule has 2 aliphatic rings. The van der Waals surface area contributed by atoms with Gasteiger partial charge in [-0.3, -0.25) is 4.79 Å². The highest BCUT2D eigenvalue weighted by Crippen LogP contribution is 2.50. The number of carboxylic acid groups (broad SMARTS) is 1. The molecule has 0 aromatic heterocycles. The second kappa shape index (κ2) is 5.52. The lowest BCUT2D eigenvalue weighted by Crippen LogP contribution is -2.34. The van der Waals surface area contributed by atoms with Gasteiger partial charge in [0.1, 0.15) is 13.2 Å². The van der Waals surface area contributed by atoms with Crippen LogP contribution in [0.3, 0.4) is 0 Å². The third kappa shape index (κ3) is 2.22. The van der Waals surface area contributed by atoms with Crippen LogP contribution in [0.15, 0.2) is 10.5 Å². The maximum atomic E-state index is 12.0. The molecule has 0 bridgehead atoms. The molecule has 1 aromatic rings. The summed E-state index contributed by atoms with van der Waals surface area (Å²) < 4.78 is 12.3. The monoisotopic (exact) mass is 354 g/mol. The average molecular weight is 355 g/mol. The van der Waals surface area contributed by atoms with E-state index in [9.17, 15) is 9.90 Å². The molecule has 0 unspecified atom stereocenters. The van der Waals surface area contributed by atoms with E-state index in [0.717, 1.165) is 40.6 Å². The van der Waals surface area contributed by atoms with Crippen LogP contribution in [0.5, 0.6) is 11.5 Å². The molecule has 1 aliphatic carbocycles. The van der Waals surface area contributed by atoms with Crippen LogP contribution < -0.4 is 9.47 Å². The van der Waals surface area contributed by atoms with E-state index in [4.69, 9.17) is 9.47 Å². The number of rotatable bonds is 3. The summed E-state index contributed by atoms with van der Waals surface area (Å²) in [6.45, 7) is 3.07. The van der Waals surface area contributed by atoms with Crippen LogP contribution in [-0.4, -0.2) is 24.3 Å². The molecule has 114 valence electrons. The second-order valence-corrected chi connectivity index (χ2v) is 6.54. The van der Waals surface area contributed by atoms with Crippen molar-refractivity contribution in [1.29, 1.82) is 0 Å². The van der Waals surface area contributed by atoms with Gasteiger partial charge in [-0.1, -0.05) is 19.8 Å². The lowest BCUT2D eigenvalue weighted by molar-refractivity contribution is -0.143. The summed E-state index contributed by atoms with van der Waals surface area (Å²) in [5, 5.41) is 9.84. The van der Waals surface area contributed by atoms with E-state index >= 15 is 0 Å². The lowest BCUT2D eigenvalue weighted by Gasteiger charge is -2.31. The first-order valence-corrected chi connectivity index (χ1v) is 8.24. The van der Waals surface area contributed by atoms with Gasteiger partial charge in [-0.05, 0) is 46.8 Å². The fraction of sp³-hybridized carbons (Fsp3) is 0.562. The number of hydrogen-bond acceptors (Lipinski definition) is 3. The number of hydrogen-bond donors (Lipinski definition) is 1. The smallest absolute Gasteiger partial charge is 0.314 e. The van der Waals surface area contributed by atoms with Crippen LogP contribution in [0, 0.1) is 0 Å². The highest BCUT2D eigenvalue weighted by atomic mass is 79.9. The summed E-state index contributed by atoms with van der Waals surface area (Å²) >= 11 is 3.52. The molecule has 0 spiro atoms. The van der Waals surface area contributed by atoms with Crippen molar-refractivity contribution in [2.24, 2.45) is 0 Å². The number of carboxylic acids is 1. The molecule has 3 rings (SSSR count). The Hall–Kier alpha value is -1.23. The van der Waals surface area contributed by atoms with Gasteiger partial charge in [-0.25, -0.2) is 0 Å². The number of carbonyl (C=O) groups is 1. The van der Waals surface area contributed by atoms with Crippen LogP contribution in [0.25, 0.3) is 0 Å². The fourth-order valence-electron chi connectivity index (χ4n) is 3.58. The number of fused-ring (bicyclic) bond motifs is 1. The van der Waals surface area contributed by atoms with Crippen molar-refractivity contribution in [3.8, 4) is 11.5 Å². The van der Waals surface area contributed by atoms with Crippen LogP contribution >= 0.6 is 15.9 Å². The zero-order valence-corrected chi connectivity index (χ0v) is 13.7. The van der Waals surface area contributed by atoms with Gasteiger partial charge in [0.15, 0.2) is 11.5 Å². The fourth-order valence-corrected chi connectivity index (χ4v) is 4.10. The maximum Gasteiger partial charge on any atom is 0.314 e. The van der Waals surface area contributed by atoms with E-state index in [1.165, 1.54) is 0 Å². The van der Waals surface area contributed by atoms with E-state index in [-0.39, 0.29) is 0 Å². The third-order valence-corrected chi connectivity index (χ3v) is 5.19. The third-order valence-electron chi connectivity index (χ3n) is 4.61. The van der Waals surface area contributed by atoms with Gasteiger partial charge in [0.2, 0.25) is 0 Å². The summed E-state index contributed by atoms with van der Waals surface area (Å²) in [6.07, 6.45) is 4.05. The van der Waals surface area contributed by atoms with E-state index in [1.54, 1.807) is 0 Å². The van der Waals surface area contributed by atoms with Gasteiger partial charge in [0.05, 0.1) is 9.89 Å². The first-order valence-electron chi connectivity index (χ1n) is 7.45. The molecule has 1 N–H and O–H groups in total. The van der Waals surface area contributed by atoms with Crippen molar-refractivity contribution in [2.75, 3.05) is 13.2 Å². The first-order chi connectivity index (χ1) is 10.1. The Balaban J connectivity index is 2.22. The Bertz CT molecular complexity index is 576. The molecule has 5 heteroatoms. The normalized spacial score (nSPS) is 19.5. The van der Waals surface area contributed by atoms with Crippen molar-refractivity contribution in [2.45, 2.75) is 44.4 Å². The predicted molar refractivity (Wildman–Crippen MR) is 82.3 cm³/mol. The van der Waals surface area contributed by atoms with Crippen molar-refractivity contribution in [1.82, 2.24) is 0 Å². The number of ether oxygens (including phenoxy) is 2. The standard InChI is InChI=1S/C16H19BrO4/c1-2-10-11(16(15(18)19)5-3-4-6-16)9-12(17)14-13(10)20-7-8-21-14/h9H,2-8H2,1H3,(H,18,19). The summed E-state index contributed by atoms with van der Waals surface area (Å²) in [5.41, 5.74) is 1.10. The molecule has 1 heterocycles. The Labute approximate surface area is 132 Å². The van der Waals surface area contributed by atoms with Crippen molar-refractivity contribution < 1.29 is 19.4 Å². The summed E-state index contributed by atoms with van der Waals surface area (Å²) in [6, 6.07) is 1.94. The highest BCUT2D eigenvalue weighted by Gasteiger charge is 2.45. The van der Waals surface area contributed by atoms with Crippen molar-refractivity contribution >= 4 is 21.9 Å². The molecular weight excluding hydrogens is 336 g/mol. The second-order valence-electron chi connectivity index (χ2n) is 5.69. The van der Waals surface area contributed by atoms with E-state index in [2.05, 4.69) is 15.9 Å². The molecule has 21 heavy (non-hydrogen) atoms. The minimum atomic E-state index is -0.774. The van der Waals surface area contributed by atoms with Gasteiger partial charge in [0, 0.05) is 5.56 Å². The number of benzene rings is 1. The molecule has 4 nitrogen and oxygen atoms in total. The highest BCUT2D eigenvalue weighted by molar-refractivity contribution is 9.10. The SMILES string of the molecule is CCc1c(C2(C(=O)O)CCCC2)cc(Br)c2c1OCCO2. The van der Waals surface area contributed by atoms with Gasteiger partial charge < -0.3 is 14.6 Å². The van der Waals surface area contributed by atoms with Crippen LogP contribution in [0.4, 0.5) is 0 Å². The zero-order chi connectivity index (χ0) is 15.0. The molecule has 1 aromatic carbocycles. The minimum absolute atomic E-state index is 0.510. The van der Waals surface area contributed by atoms with E-state index in [0.29, 0.717) is 31.8 Å². The largest absolute Gasteiger partial charge is 0.486 e.